The lowest BCUT2D eigenvalue weighted by Crippen LogP contribution is -2.40. The number of aliphatic carboxylic acids is 1. The maximum Gasteiger partial charge on any atom is 0.428 e. The van der Waals surface area contributed by atoms with Crippen molar-refractivity contribution in [1.29, 1.82) is 0 Å². The summed E-state index contributed by atoms with van der Waals surface area (Å²) in [6.45, 7) is 2.31. The minimum atomic E-state index is -4.51. The fraction of sp³-hybridized carbons (Fsp3) is 0.917. The van der Waals surface area contributed by atoms with E-state index in [1.807, 2.05) is 0 Å². The van der Waals surface area contributed by atoms with Crippen LogP contribution >= 0.6 is 0 Å². The Labute approximate surface area is 201 Å². The number of hydrogen-bond donors (Lipinski definition) is 2. The summed E-state index contributed by atoms with van der Waals surface area (Å²) in [5.74, 6) is 2.04. The van der Waals surface area contributed by atoms with Gasteiger partial charge in [0, 0.05) is 0 Å². The van der Waals surface area contributed by atoms with Gasteiger partial charge in [-0.15, -0.1) is 0 Å². The van der Waals surface area contributed by atoms with Crippen LogP contribution in [0.15, 0.2) is 0 Å². The van der Waals surface area contributed by atoms with E-state index in [1.165, 1.54) is 89.9 Å². The van der Waals surface area contributed by atoms with E-state index in [2.05, 4.69) is 17.1 Å². The molecule has 0 bridgehead atoms. The number of hydrogen-bond acceptors (Lipinski definition) is 6. The molecule has 0 saturated carbocycles. The number of rotatable bonds is 24. The molecule has 8 nitrogen and oxygen atoms in total. The van der Waals surface area contributed by atoms with E-state index in [-0.39, 0.29) is 6.61 Å². The predicted octanol–water partition coefficient (Wildman–Crippen LogP) is 6.06. The molecule has 0 fully saturated rings. The Balaban J connectivity index is 3.51. The SMILES string of the molecule is CCCCCCCCCCCCCCCCCCCCOC(=O)C(CC(=O)O)[S+]([O])(=O)ON. The van der Waals surface area contributed by atoms with E-state index in [4.69, 9.17) is 9.84 Å². The predicted molar refractivity (Wildman–Crippen MR) is 130 cm³/mol. The first kappa shape index (κ1) is 32.0. The Morgan fingerprint density at radius 1 is 0.758 bits per heavy atom. The number of nitrogens with two attached hydrogens (primary N) is 1. The van der Waals surface area contributed by atoms with Crippen LogP contribution in [0.4, 0.5) is 0 Å². The van der Waals surface area contributed by atoms with Crippen molar-refractivity contribution in [2.75, 3.05) is 6.61 Å². The van der Waals surface area contributed by atoms with Crippen LogP contribution in [0.25, 0.3) is 0 Å². The molecule has 0 aliphatic heterocycles. The van der Waals surface area contributed by atoms with Gasteiger partial charge in [0.25, 0.3) is 5.25 Å². The summed E-state index contributed by atoms with van der Waals surface area (Å²) in [6.07, 6.45) is 21.5. The van der Waals surface area contributed by atoms with Crippen LogP contribution in [0.2, 0.25) is 0 Å². The maximum atomic E-state index is 11.9. The lowest BCUT2D eigenvalue weighted by atomic mass is 10.0. The number of carboxylic acids is 1. The Morgan fingerprint density at radius 3 is 1.45 bits per heavy atom. The van der Waals surface area contributed by atoms with Crippen LogP contribution in [0.3, 0.4) is 0 Å². The van der Waals surface area contributed by atoms with Crippen LogP contribution < -0.4 is 5.90 Å². The van der Waals surface area contributed by atoms with E-state index in [1.54, 1.807) is 0 Å². The van der Waals surface area contributed by atoms with Crippen molar-refractivity contribution in [3.63, 3.8) is 0 Å². The summed E-state index contributed by atoms with van der Waals surface area (Å²) >= 11 is 0. The Bertz CT molecular complexity index is 545. The maximum absolute atomic E-state index is 11.9. The summed E-state index contributed by atoms with van der Waals surface area (Å²) in [7, 11) is -4.51. The highest BCUT2D eigenvalue weighted by molar-refractivity contribution is 7.94. The molecule has 9 heteroatoms. The standard InChI is InChI=1S/C24H47NO7S/c1-2-3-4-5-6-7-8-9-10-11-12-13-14-15-16-17-18-19-20-31-24(28)22(21-23(26)27)33(29,30)32-25/h22H,2-21,25H2,1H3,(H,26,27)/q+1. The molecule has 0 spiro atoms. The second-order valence-corrected chi connectivity index (χ2v) is 10.6. The number of carbonyl (C=O) groups excluding carboxylic acids is 1. The Morgan fingerprint density at radius 2 is 1.12 bits per heavy atom. The lowest BCUT2D eigenvalue weighted by Gasteiger charge is -2.10. The number of unbranched alkanes of at least 4 members (excludes halogenated alkanes) is 17. The van der Waals surface area contributed by atoms with Crippen LogP contribution in [0, 0.1) is 0 Å². The van der Waals surface area contributed by atoms with Crippen molar-refractivity contribution in [1.82, 2.24) is 0 Å². The molecule has 195 valence electrons. The van der Waals surface area contributed by atoms with Crippen molar-refractivity contribution < 1.29 is 32.5 Å². The highest BCUT2D eigenvalue weighted by Gasteiger charge is 2.51. The van der Waals surface area contributed by atoms with Crippen LogP contribution in [0.1, 0.15) is 129 Å². The largest absolute Gasteiger partial charge is 0.481 e. The molecule has 0 aromatic carbocycles. The van der Waals surface area contributed by atoms with E-state index in [0.717, 1.165) is 19.3 Å². The van der Waals surface area contributed by atoms with Gasteiger partial charge in [-0.1, -0.05) is 116 Å². The van der Waals surface area contributed by atoms with Crippen molar-refractivity contribution in [3.05, 3.63) is 0 Å². The zero-order chi connectivity index (χ0) is 24.8. The van der Waals surface area contributed by atoms with Gasteiger partial charge in [0.05, 0.1) is 11.2 Å². The molecule has 33 heavy (non-hydrogen) atoms. The van der Waals surface area contributed by atoms with Gasteiger partial charge < -0.3 is 9.84 Å². The zero-order valence-electron chi connectivity index (χ0n) is 20.6. The van der Waals surface area contributed by atoms with E-state index < -0.39 is 34.1 Å². The molecule has 1 radical (unpaired) electrons. The van der Waals surface area contributed by atoms with Gasteiger partial charge in [-0.3, -0.25) is 4.79 Å². The minimum Gasteiger partial charge on any atom is -0.481 e. The third-order valence-corrected chi connectivity index (χ3v) is 7.17. The summed E-state index contributed by atoms with van der Waals surface area (Å²) < 4.78 is 31.8. The van der Waals surface area contributed by atoms with Crippen LogP contribution in [-0.2, 0) is 37.9 Å². The molecule has 3 N–H and O–H groups in total. The average molecular weight is 494 g/mol. The van der Waals surface area contributed by atoms with Crippen molar-refractivity contribution in [3.8, 4) is 0 Å². The van der Waals surface area contributed by atoms with Crippen molar-refractivity contribution >= 4 is 22.4 Å². The van der Waals surface area contributed by atoms with E-state index in [9.17, 15) is 18.4 Å². The van der Waals surface area contributed by atoms with Gasteiger partial charge in [-0.2, -0.15) is 5.90 Å². The fourth-order valence-electron chi connectivity index (χ4n) is 3.80. The first-order valence-electron chi connectivity index (χ1n) is 12.9. The molecule has 0 amide bonds. The number of carboxylic acid groups (broad SMARTS) is 1. The first-order valence-corrected chi connectivity index (χ1v) is 14.3. The minimum absolute atomic E-state index is 0.0494. The zero-order valence-corrected chi connectivity index (χ0v) is 21.4. The van der Waals surface area contributed by atoms with Crippen LogP contribution in [-0.4, -0.2) is 28.9 Å². The van der Waals surface area contributed by atoms with E-state index >= 15 is 0 Å². The number of carbonyl (C=O) groups is 2. The third-order valence-electron chi connectivity index (χ3n) is 5.85. The second-order valence-electron chi connectivity index (χ2n) is 8.85. The van der Waals surface area contributed by atoms with Gasteiger partial charge >= 0.3 is 22.4 Å². The van der Waals surface area contributed by atoms with Crippen molar-refractivity contribution in [2.24, 2.45) is 5.90 Å². The molecule has 0 aromatic rings. The molecule has 2 unspecified atom stereocenters. The van der Waals surface area contributed by atoms with Gasteiger partial charge in [-0.05, 0) is 14.9 Å². The fourth-order valence-corrected chi connectivity index (χ4v) is 4.58. The lowest BCUT2D eigenvalue weighted by molar-refractivity contribution is -0.147. The van der Waals surface area contributed by atoms with Crippen molar-refractivity contribution in [2.45, 2.75) is 134 Å². The number of esters is 1. The summed E-state index contributed by atoms with van der Waals surface area (Å²) in [4.78, 5) is 22.6. The molecule has 0 heterocycles. The quantitative estimate of drug-likeness (QED) is 0.0721. The summed E-state index contributed by atoms with van der Waals surface area (Å²) in [6, 6.07) is 0. The molecule has 0 aliphatic carbocycles. The molecule has 2 atom stereocenters. The highest BCUT2D eigenvalue weighted by atomic mass is 32.3. The molecule has 0 aromatic heterocycles. The topological polar surface area (TPSA) is 136 Å². The Hall–Kier alpha value is -1.03. The summed E-state index contributed by atoms with van der Waals surface area (Å²) in [5, 5.41) is 6.81. The number of ether oxygens (including phenoxy) is 1. The normalized spacial score (nSPS) is 14.0. The van der Waals surface area contributed by atoms with Gasteiger partial charge in [0.2, 0.25) is 0 Å². The molecular weight excluding hydrogens is 446 g/mol. The second kappa shape index (κ2) is 21.5. The monoisotopic (exact) mass is 493 g/mol. The van der Waals surface area contributed by atoms with Crippen LogP contribution in [0.5, 0.6) is 0 Å². The van der Waals surface area contributed by atoms with Gasteiger partial charge in [0.1, 0.15) is 6.42 Å². The van der Waals surface area contributed by atoms with E-state index in [0.29, 0.717) is 6.42 Å². The molecule has 0 rings (SSSR count). The average Bonchev–Trinajstić information content (AvgIpc) is 2.78. The smallest absolute Gasteiger partial charge is 0.428 e. The van der Waals surface area contributed by atoms with Gasteiger partial charge in [-0.25, -0.2) is 4.79 Å². The molecule has 0 saturated heterocycles. The summed E-state index contributed by atoms with van der Waals surface area (Å²) in [5.41, 5.74) is 0. The molecule has 0 aliphatic rings. The highest BCUT2D eigenvalue weighted by Crippen LogP contribution is 2.17. The molecular formula is C24H47NO7S+. The van der Waals surface area contributed by atoms with Gasteiger partial charge in [0.15, 0.2) is 0 Å². The Kier molecular flexibility index (Phi) is 20.8. The third kappa shape index (κ3) is 19.0. The first-order chi connectivity index (χ1) is 15.8.